The zero-order valence-corrected chi connectivity index (χ0v) is 14.4. The molecular formula is C20H12ClNO4. The molecule has 0 atom stereocenters. The van der Waals surface area contributed by atoms with E-state index in [0.717, 1.165) is 0 Å². The molecule has 0 saturated heterocycles. The van der Waals surface area contributed by atoms with Crippen molar-refractivity contribution in [1.29, 1.82) is 5.26 Å². The fourth-order valence-corrected chi connectivity index (χ4v) is 2.55. The summed E-state index contributed by atoms with van der Waals surface area (Å²) in [5.41, 5.74) is 1.87. The van der Waals surface area contributed by atoms with E-state index in [4.69, 9.17) is 26.3 Å². The van der Waals surface area contributed by atoms with Gasteiger partial charge in [0.25, 0.3) is 0 Å². The summed E-state index contributed by atoms with van der Waals surface area (Å²) in [6, 6.07) is 15.3. The summed E-state index contributed by atoms with van der Waals surface area (Å²) in [5, 5.41) is 9.38. The number of carbonyl (C=O) groups is 2. The summed E-state index contributed by atoms with van der Waals surface area (Å²) in [5.74, 6) is -1.02. The van der Waals surface area contributed by atoms with Crippen LogP contribution in [-0.2, 0) is 19.1 Å². The molecule has 2 aromatic carbocycles. The maximum absolute atomic E-state index is 12.4. The quantitative estimate of drug-likeness (QED) is 0.766. The van der Waals surface area contributed by atoms with Crippen LogP contribution in [0.15, 0.2) is 60.0 Å². The third kappa shape index (κ3) is 3.66. The van der Waals surface area contributed by atoms with Gasteiger partial charge in [-0.2, -0.15) is 5.26 Å². The number of nitriles is 1. The number of esters is 2. The minimum absolute atomic E-state index is 0.0502. The SMILES string of the molecule is CC(=O)OC1=C(c2ccc(Cl)cc2)C(=O)OC1=Cc1ccc(C#N)cc1. The van der Waals surface area contributed by atoms with E-state index in [1.165, 1.54) is 6.92 Å². The predicted octanol–water partition coefficient (Wildman–Crippen LogP) is 4.08. The Kier molecular flexibility index (Phi) is 4.87. The molecule has 1 aliphatic heterocycles. The molecule has 6 heteroatoms. The van der Waals surface area contributed by atoms with Crippen molar-refractivity contribution in [3.63, 3.8) is 0 Å². The van der Waals surface area contributed by atoms with Gasteiger partial charge in [0.2, 0.25) is 0 Å². The van der Waals surface area contributed by atoms with Gasteiger partial charge in [-0.1, -0.05) is 35.9 Å². The van der Waals surface area contributed by atoms with Gasteiger partial charge in [-0.3, -0.25) is 4.79 Å². The Morgan fingerprint density at radius 3 is 2.38 bits per heavy atom. The van der Waals surface area contributed by atoms with Crippen LogP contribution < -0.4 is 0 Å². The molecule has 0 bridgehead atoms. The Morgan fingerprint density at radius 1 is 1.15 bits per heavy atom. The Balaban J connectivity index is 2.08. The lowest BCUT2D eigenvalue weighted by Crippen LogP contribution is -2.01. The molecule has 0 spiro atoms. The first-order valence-electron chi connectivity index (χ1n) is 7.61. The van der Waals surface area contributed by atoms with Gasteiger partial charge < -0.3 is 9.47 Å². The molecule has 5 nitrogen and oxygen atoms in total. The van der Waals surface area contributed by atoms with E-state index < -0.39 is 11.9 Å². The average Bonchev–Trinajstić information content (AvgIpc) is 2.91. The third-order valence-corrected chi connectivity index (χ3v) is 3.83. The number of carbonyl (C=O) groups excluding carboxylic acids is 2. The molecule has 0 unspecified atom stereocenters. The summed E-state index contributed by atoms with van der Waals surface area (Å²) < 4.78 is 10.6. The van der Waals surface area contributed by atoms with Gasteiger partial charge in [0.1, 0.15) is 5.57 Å². The first kappa shape index (κ1) is 17.5. The maximum atomic E-state index is 12.4. The minimum Gasteiger partial charge on any atom is -0.422 e. The van der Waals surface area contributed by atoms with E-state index in [1.54, 1.807) is 54.6 Å². The molecule has 1 aliphatic rings. The van der Waals surface area contributed by atoms with E-state index in [1.807, 2.05) is 6.07 Å². The topological polar surface area (TPSA) is 76.4 Å². The van der Waals surface area contributed by atoms with Crippen LogP contribution in [0.25, 0.3) is 11.6 Å². The van der Waals surface area contributed by atoms with Crippen LogP contribution in [0.5, 0.6) is 0 Å². The zero-order chi connectivity index (χ0) is 18.7. The predicted molar refractivity (Wildman–Crippen MR) is 95.4 cm³/mol. The van der Waals surface area contributed by atoms with Crippen molar-refractivity contribution < 1.29 is 19.1 Å². The smallest absolute Gasteiger partial charge is 0.348 e. The van der Waals surface area contributed by atoms with Crippen molar-refractivity contribution in [1.82, 2.24) is 0 Å². The highest BCUT2D eigenvalue weighted by Gasteiger charge is 2.33. The highest BCUT2D eigenvalue weighted by Crippen LogP contribution is 2.35. The van der Waals surface area contributed by atoms with Crippen LogP contribution >= 0.6 is 11.6 Å². The Labute approximate surface area is 154 Å². The second-order valence-corrected chi connectivity index (χ2v) is 5.87. The monoisotopic (exact) mass is 365 g/mol. The molecule has 0 aromatic heterocycles. The molecule has 0 radical (unpaired) electrons. The van der Waals surface area contributed by atoms with Crippen molar-refractivity contribution in [2.75, 3.05) is 0 Å². The molecule has 0 amide bonds. The number of rotatable bonds is 3. The van der Waals surface area contributed by atoms with Gasteiger partial charge in [-0.15, -0.1) is 0 Å². The number of hydrogen-bond donors (Lipinski definition) is 0. The van der Waals surface area contributed by atoms with Gasteiger partial charge in [0, 0.05) is 11.9 Å². The largest absolute Gasteiger partial charge is 0.422 e. The van der Waals surface area contributed by atoms with Crippen molar-refractivity contribution in [2.24, 2.45) is 0 Å². The zero-order valence-electron chi connectivity index (χ0n) is 13.7. The lowest BCUT2D eigenvalue weighted by molar-refractivity contribution is -0.137. The first-order chi connectivity index (χ1) is 12.5. The molecule has 3 rings (SSSR count). The Bertz CT molecular complexity index is 980. The fourth-order valence-electron chi connectivity index (χ4n) is 2.42. The van der Waals surface area contributed by atoms with E-state index in [0.29, 0.717) is 21.7 Å². The fraction of sp³-hybridized carbons (Fsp3) is 0.0500. The minimum atomic E-state index is -0.622. The van der Waals surface area contributed by atoms with Crippen molar-refractivity contribution >= 4 is 35.2 Å². The van der Waals surface area contributed by atoms with Gasteiger partial charge in [0.15, 0.2) is 11.5 Å². The number of halogens is 1. The standard InChI is InChI=1S/C20H12ClNO4/c1-12(23)25-19-17(10-13-2-4-14(11-22)5-3-13)26-20(24)18(19)15-6-8-16(21)9-7-15/h2-10H,1H3. The molecule has 0 fully saturated rings. The van der Waals surface area contributed by atoms with Crippen LogP contribution in [-0.4, -0.2) is 11.9 Å². The van der Waals surface area contributed by atoms with Crippen LogP contribution in [0, 0.1) is 11.3 Å². The molecule has 0 saturated carbocycles. The van der Waals surface area contributed by atoms with Crippen molar-refractivity contribution in [3.05, 3.63) is 81.8 Å². The molecule has 26 heavy (non-hydrogen) atoms. The van der Waals surface area contributed by atoms with E-state index in [2.05, 4.69) is 0 Å². The molecule has 0 N–H and O–H groups in total. The molecule has 2 aromatic rings. The Morgan fingerprint density at radius 2 is 1.81 bits per heavy atom. The molecule has 0 aliphatic carbocycles. The maximum Gasteiger partial charge on any atom is 0.348 e. The van der Waals surface area contributed by atoms with E-state index >= 15 is 0 Å². The second-order valence-electron chi connectivity index (χ2n) is 5.44. The highest BCUT2D eigenvalue weighted by atomic mass is 35.5. The molecular weight excluding hydrogens is 354 g/mol. The van der Waals surface area contributed by atoms with E-state index in [9.17, 15) is 9.59 Å². The van der Waals surface area contributed by atoms with Crippen LogP contribution in [0.4, 0.5) is 0 Å². The van der Waals surface area contributed by atoms with Gasteiger partial charge in [-0.25, -0.2) is 4.79 Å². The summed E-state index contributed by atoms with van der Waals surface area (Å²) >= 11 is 5.88. The molecule has 1 heterocycles. The van der Waals surface area contributed by atoms with E-state index in [-0.39, 0.29) is 17.1 Å². The highest BCUT2D eigenvalue weighted by molar-refractivity contribution is 6.30. The van der Waals surface area contributed by atoms with Crippen LogP contribution in [0.2, 0.25) is 5.02 Å². The van der Waals surface area contributed by atoms with Gasteiger partial charge in [0.05, 0.1) is 11.6 Å². The Hall–Kier alpha value is -3.36. The summed E-state index contributed by atoms with van der Waals surface area (Å²) in [7, 11) is 0. The summed E-state index contributed by atoms with van der Waals surface area (Å²) in [4.78, 5) is 23.9. The van der Waals surface area contributed by atoms with Crippen molar-refractivity contribution in [2.45, 2.75) is 6.92 Å². The summed E-state index contributed by atoms with van der Waals surface area (Å²) in [6.07, 6.45) is 1.57. The third-order valence-electron chi connectivity index (χ3n) is 3.57. The number of hydrogen-bond acceptors (Lipinski definition) is 5. The van der Waals surface area contributed by atoms with Crippen LogP contribution in [0.1, 0.15) is 23.6 Å². The lowest BCUT2D eigenvalue weighted by atomic mass is 10.0. The van der Waals surface area contributed by atoms with Crippen molar-refractivity contribution in [3.8, 4) is 6.07 Å². The molecule has 128 valence electrons. The van der Waals surface area contributed by atoms with Crippen LogP contribution in [0.3, 0.4) is 0 Å². The van der Waals surface area contributed by atoms with Gasteiger partial charge >= 0.3 is 11.9 Å². The van der Waals surface area contributed by atoms with Gasteiger partial charge in [-0.05, 0) is 41.5 Å². The first-order valence-corrected chi connectivity index (χ1v) is 7.99. The number of benzene rings is 2. The number of nitrogens with zero attached hydrogens (tertiary/aromatic N) is 1. The summed E-state index contributed by atoms with van der Waals surface area (Å²) in [6.45, 7) is 1.24. The second kappa shape index (κ2) is 7.26. The number of ether oxygens (including phenoxy) is 2. The normalized spacial score (nSPS) is 15.0. The average molecular weight is 366 g/mol. The lowest BCUT2D eigenvalue weighted by Gasteiger charge is -2.05. The number of cyclic esters (lactones) is 1.